The first-order chi connectivity index (χ1) is 9.51. The van der Waals surface area contributed by atoms with Gasteiger partial charge in [0, 0.05) is 20.1 Å². The minimum Gasteiger partial charge on any atom is -0.481 e. The molecule has 0 aliphatic heterocycles. The van der Waals surface area contributed by atoms with E-state index in [1.165, 1.54) is 25.7 Å². The molecular formula is C15H26N2O3. The Hall–Kier alpha value is -1.26. The highest BCUT2D eigenvalue weighted by Gasteiger charge is 2.40. The number of carboxylic acids is 1. The monoisotopic (exact) mass is 282 g/mol. The molecule has 5 nitrogen and oxygen atoms in total. The van der Waals surface area contributed by atoms with Gasteiger partial charge in [0.1, 0.15) is 0 Å². The van der Waals surface area contributed by atoms with E-state index in [2.05, 4.69) is 5.32 Å². The van der Waals surface area contributed by atoms with Gasteiger partial charge in [0.2, 0.25) is 0 Å². The molecule has 114 valence electrons. The van der Waals surface area contributed by atoms with Crippen molar-refractivity contribution in [1.29, 1.82) is 0 Å². The van der Waals surface area contributed by atoms with Crippen LogP contribution in [0.15, 0.2) is 0 Å². The molecule has 0 aromatic rings. The molecule has 2 saturated carbocycles. The summed E-state index contributed by atoms with van der Waals surface area (Å²) >= 11 is 0. The Bertz CT molecular complexity index is 372. The molecule has 4 atom stereocenters. The quantitative estimate of drug-likeness (QED) is 0.784. The van der Waals surface area contributed by atoms with Crippen molar-refractivity contribution < 1.29 is 14.7 Å². The maximum Gasteiger partial charge on any atom is 0.317 e. The van der Waals surface area contributed by atoms with E-state index in [9.17, 15) is 9.59 Å². The zero-order valence-corrected chi connectivity index (χ0v) is 12.5. The average molecular weight is 282 g/mol. The van der Waals surface area contributed by atoms with Crippen LogP contribution in [0.4, 0.5) is 4.79 Å². The Morgan fingerprint density at radius 1 is 1.35 bits per heavy atom. The maximum atomic E-state index is 12.0. The minimum absolute atomic E-state index is 0.146. The first-order valence-corrected chi connectivity index (χ1v) is 7.73. The normalized spacial score (nSPS) is 29.2. The summed E-state index contributed by atoms with van der Waals surface area (Å²) in [5.74, 6) is 1.000. The fraction of sp³-hybridized carbons (Fsp3) is 0.867. The Balaban J connectivity index is 1.73. The van der Waals surface area contributed by atoms with Crippen molar-refractivity contribution in [2.45, 2.75) is 39.0 Å². The standard InChI is InChI=1S/C15H26N2O3/c1-3-11(14(18)19)8-16-15(20)17(2)9-13-7-10-4-5-12(13)6-10/h10-13H,3-9H2,1-2H3,(H,16,20)(H,18,19). The zero-order valence-electron chi connectivity index (χ0n) is 12.5. The van der Waals surface area contributed by atoms with E-state index in [0.717, 1.165) is 18.4 Å². The van der Waals surface area contributed by atoms with Gasteiger partial charge in [0.05, 0.1) is 5.92 Å². The number of carbonyl (C=O) groups is 2. The summed E-state index contributed by atoms with van der Waals surface area (Å²) in [5, 5.41) is 11.7. The molecule has 0 saturated heterocycles. The summed E-state index contributed by atoms with van der Waals surface area (Å²) < 4.78 is 0. The third kappa shape index (κ3) is 3.44. The molecule has 2 aliphatic rings. The van der Waals surface area contributed by atoms with Gasteiger partial charge in [-0.3, -0.25) is 4.79 Å². The van der Waals surface area contributed by atoms with Gasteiger partial charge in [-0.15, -0.1) is 0 Å². The summed E-state index contributed by atoms with van der Waals surface area (Å²) in [7, 11) is 1.81. The number of fused-ring (bicyclic) bond motifs is 2. The zero-order chi connectivity index (χ0) is 14.7. The number of urea groups is 1. The smallest absolute Gasteiger partial charge is 0.317 e. The molecule has 2 amide bonds. The number of nitrogens with zero attached hydrogens (tertiary/aromatic N) is 1. The van der Waals surface area contributed by atoms with Crippen molar-refractivity contribution in [3.8, 4) is 0 Å². The first kappa shape index (κ1) is 15.1. The third-order valence-corrected chi connectivity index (χ3v) is 5.08. The van der Waals surface area contributed by atoms with Crippen LogP contribution in [0.25, 0.3) is 0 Å². The predicted molar refractivity (Wildman–Crippen MR) is 76.4 cm³/mol. The van der Waals surface area contributed by atoms with Crippen LogP contribution >= 0.6 is 0 Å². The second-order valence-electron chi connectivity index (χ2n) is 6.44. The SMILES string of the molecule is CCC(CNC(=O)N(C)CC1CC2CCC1C2)C(=O)O. The van der Waals surface area contributed by atoms with Crippen LogP contribution in [-0.4, -0.2) is 42.1 Å². The Morgan fingerprint density at radius 3 is 2.60 bits per heavy atom. The van der Waals surface area contributed by atoms with Crippen molar-refractivity contribution in [1.82, 2.24) is 10.2 Å². The lowest BCUT2D eigenvalue weighted by atomic mass is 9.88. The largest absolute Gasteiger partial charge is 0.481 e. The fourth-order valence-corrected chi connectivity index (χ4v) is 3.79. The Kier molecular flexibility index (Phi) is 4.89. The fourth-order valence-electron chi connectivity index (χ4n) is 3.79. The number of carboxylic acid groups (broad SMARTS) is 1. The molecule has 0 aromatic heterocycles. The molecule has 2 rings (SSSR count). The van der Waals surface area contributed by atoms with Crippen molar-refractivity contribution in [3.05, 3.63) is 0 Å². The van der Waals surface area contributed by atoms with Gasteiger partial charge in [-0.1, -0.05) is 13.3 Å². The number of carbonyl (C=O) groups excluding carboxylic acids is 1. The minimum atomic E-state index is -0.844. The molecule has 4 unspecified atom stereocenters. The van der Waals surface area contributed by atoms with E-state index < -0.39 is 11.9 Å². The van der Waals surface area contributed by atoms with Crippen molar-refractivity contribution in [2.75, 3.05) is 20.1 Å². The molecule has 20 heavy (non-hydrogen) atoms. The van der Waals surface area contributed by atoms with Crippen LogP contribution in [0, 0.1) is 23.7 Å². The summed E-state index contributed by atoms with van der Waals surface area (Å²) in [6, 6.07) is -0.146. The molecule has 2 N–H and O–H groups in total. The van der Waals surface area contributed by atoms with Gasteiger partial charge < -0.3 is 15.3 Å². The van der Waals surface area contributed by atoms with Crippen LogP contribution in [0.2, 0.25) is 0 Å². The van der Waals surface area contributed by atoms with Crippen molar-refractivity contribution in [3.63, 3.8) is 0 Å². The number of aliphatic carboxylic acids is 1. The van der Waals surface area contributed by atoms with Crippen LogP contribution in [0.1, 0.15) is 39.0 Å². The Morgan fingerprint density at radius 2 is 2.10 bits per heavy atom. The second-order valence-corrected chi connectivity index (χ2v) is 6.44. The molecule has 5 heteroatoms. The van der Waals surface area contributed by atoms with E-state index in [4.69, 9.17) is 5.11 Å². The molecule has 0 heterocycles. The highest BCUT2D eigenvalue weighted by molar-refractivity contribution is 5.75. The van der Waals surface area contributed by atoms with Crippen LogP contribution in [0.3, 0.4) is 0 Å². The van der Waals surface area contributed by atoms with E-state index >= 15 is 0 Å². The summed E-state index contributed by atoms with van der Waals surface area (Å²) in [6.07, 6.45) is 5.83. The van der Waals surface area contributed by atoms with E-state index in [1.807, 2.05) is 14.0 Å². The predicted octanol–water partition coefficient (Wildman–Crippen LogP) is 2.17. The summed E-state index contributed by atoms with van der Waals surface area (Å²) in [5.41, 5.74) is 0. The molecule has 0 aromatic carbocycles. The third-order valence-electron chi connectivity index (χ3n) is 5.08. The number of nitrogens with one attached hydrogen (secondary N) is 1. The number of hydrogen-bond acceptors (Lipinski definition) is 2. The highest BCUT2D eigenvalue weighted by Crippen LogP contribution is 2.48. The molecule has 2 bridgehead atoms. The lowest BCUT2D eigenvalue weighted by Crippen LogP contribution is -2.43. The lowest BCUT2D eigenvalue weighted by molar-refractivity contribution is -0.141. The van der Waals surface area contributed by atoms with Crippen molar-refractivity contribution in [2.24, 2.45) is 23.7 Å². The van der Waals surface area contributed by atoms with E-state index in [-0.39, 0.29) is 12.6 Å². The number of hydrogen-bond donors (Lipinski definition) is 2. The highest BCUT2D eigenvalue weighted by atomic mass is 16.4. The maximum absolute atomic E-state index is 12.0. The van der Waals surface area contributed by atoms with Crippen LogP contribution in [0.5, 0.6) is 0 Å². The molecule has 2 aliphatic carbocycles. The Labute approximate surface area is 120 Å². The van der Waals surface area contributed by atoms with Crippen molar-refractivity contribution >= 4 is 12.0 Å². The number of amides is 2. The van der Waals surface area contributed by atoms with Crippen LogP contribution in [-0.2, 0) is 4.79 Å². The molecule has 2 fully saturated rings. The van der Waals surface area contributed by atoms with E-state index in [1.54, 1.807) is 4.90 Å². The summed E-state index contributed by atoms with van der Waals surface area (Å²) in [6.45, 7) is 2.84. The molecule has 0 spiro atoms. The lowest BCUT2D eigenvalue weighted by Gasteiger charge is -2.27. The second kappa shape index (κ2) is 6.46. The van der Waals surface area contributed by atoms with Gasteiger partial charge in [0.15, 0.2) is 0 Å². The number of rotatable bonds is 6. The van der Waals surface area contributed by atoms with Gasteiger partial charge in [0.25, 0.3) is 0 Å². The van der Waals surface area contributed by atoms with Gasteiger partial charge in [-0.05, 0) is 43.4 Å². The van der Waals surface area contributed by atoms with Gasteiger partial charge in [-0.25, -0.2) is 4.79 Å². The topological polar surface area (TPSA) is 69.6 Å². The van der Waals surface area contributed by atoms with Gasteiger partial charge in [-0.2, -0.15) is 0 Å². The first-order valence-electron chi connectivity index (χ1n) is 7.73. The molecular weight excluding hydrogens is 256 g/mol. The van der Waals surface area contributed by atoms with Gasteiger partial charge >= 0.3 is 12.0 Å². The van der Waals surface area contributed by atoms with Crippen LogP contribution < -0.4 is 5.32 Å². The van der Waals surface area contributed by atoms with E-state index in [0.29, 0.717) is 12.3 Å². The molecule has 0 radical (unpaired) electrons. The summed E-state index contributed by atoms with van der Waals surface area (Å²) in [4.78, 5) is 24.6. The average Bonchev–Trinajstić information content (AvgIpc) is 3.00.